The molecule has 5 nitrogen and oxygen atoms in total. The molecule has 2 aromatic rings. The van der Waals surface area contributed by atoms with Gasteiger partial charge in [0.15, 0.2) is 5.82 Å². The van der Waals surface area contributed by atoms with Crippen molar-refractivity contribution in [2.75, 3.05) is 13.1 Å². The van der Waals surface area contributed by atoms with Gasteiger partial charge in [0.1, 0.15) is 5.60 Å². The summed E-state index contributed by atoms with van der Waals surface area (Å²) in [5, 5.41) is 17.7. The fourth-order valence-electron chi connectivity index (χ4n) is 2.40. The van der Waals surface area contributed by atoms with Crippen LogP contribution in [0.25, 0.3) is 0 Å². The van der Waals surface area contributed by atoms with E-state index in [1.54, 1.807) is 0 Å². The largest absolute Gasteiger partial charge is 0.380 e. The first-order valence-electron chi connectivity index (χ1n) is 6.66. The van der Waals surface area contributed by atoms with E-state index in [0.717, 1.165) is 23.1 Å². The van der Waals surface area contributed by atoms with Crippen LogP contribution in [0.2, 0.25) is 0 Å². The van der Waals surface area contributed by atoms with Crippen molar-refractivity contribution < 1.29 is 9.63 Å². The third-order valence-corrected chi connectivity index (χ3v) is 4.04. The van der Waals surface area contributed by atoms with E-state index in [0.29, 0.717) is 31.0 Å². The Morgan fingerprint density at radius 3 is 2.90 bits per heavy atom. The summed E-state index contributed by atoms with van der Waals surface area (Å²) < 4.78 is 6.28. The van der Waals surface area contributed by atoms with E-state index in [-0.39, 0.29) is 0 Å². The van der Waals surface area contributed by atoms with Crippen molar-refractivity contribution in [2.24, 2.45) is 0 Å². The average molecular weight is 338 g/mol. The maximum absolute atomic E-state index is 10.5. The number of rotatable bonds is 3. The Balaban J connectivity index is 1.76. The second-order valence-corrected chi connectivity index (χ2v) is 6.02. The van der Waals surface area contributed by atoms with Gasteiger partial charge in [0.05, 0.1) is 0 Å². The molecule has 1 aromatic heterocycles. The normalized spacial score (nSPS) is 18.1. The highest BCUT2D eigenvalue weighted by molar-refractivity contribution is 9.10. The lowest BCUT2D eigenvalue weighted by Gasteiger charge is -2.28. The SMILES string of the molecule is OC1(c2nc(Cc3cccc(Br)c3)no2)CCNCC1. The number of benzene rings is 1. The van der Waals surface area contributed by atoms with Crippen molar-refractivity contribution in [1.29, 1.82) is 0 Å². The molecule has 2 N–H and O–H groups in total. The highest BCUT2D eigenvalue weighted by Crippen LogP contribution is 2.29. The number of hydrogen-bond donors (Lipinski definition) is 2. The molecule has 1 fully saturated rings. The quantitative estimate of drug-likeness (QED) is 0.896. The topological polar surface area (TPSA) is 71.2 Å². The highest BCUT2D eigenvalue weighted by atomic mass is 79.9. The molecule has 1 aliphatic rings. The van der Waals surface area contributed by atoms with Gasteiger partial charge >= 0.3 is 0 Å². The first kappa shape index (κ1) is 13.7. The number of nitrogens with one attached hydrogen (secondary N) is 1. The van der Waals surface area contributed by atoms with Gasteiger partial charge < -0.3 is 14.9 Å². The molecule has 106 valence electrons. The molecule has 0 saturated carbocycles. The van der Waals surface area contributed by atoms with Gasteiger partial charge in [0, 0.05) is 10.9 Å². The molecule has 0 amide bonds. The van der Waals surface area contributed by atoms with Gasteiger partial charge in [-0.1, -0.05) is 33.2 Å². The van der Waals surface area contributed by atoms with Gasteiger partial charge in [0.2, 0.25) is 0 Å². The highest BCUT2D eigenvalue weighted by Gasteiger charge is 2.36. The first-order valence-corrected chi connectivity index (χ1v) is 7.46. The molecule has 0 atom stereocenters. The lowest BCUT2D eigenvalue weighted by Crippen LogP contribution is -2.39. The van der Waals surface area contributed by atoms with Crippen molar-refractivity contribution in [3.05, 3.63) is 46.0 Å². The molecule has 0 unspecified atom stereocenters. The summed E-state index contributed by atoms with van der Waals surface area (Å²) in [5.74, 6) is 0.939. The molecule has 2 heterocycles. The van der Waals surface area contributed by atoms with E-state index in [1.165, 1.54) is 0 Å². The van der Waals surface area contributed by atoms with Gasteiger partial charge in [-0.3, -0.25) is 0 Å². The fraction of sp³-hybridized carbons (Fsp3) is 0.429. The average Bonchev–Trinajstić information content (AvgIpc) is 2.89. The van der Waals surface area contributed by atoms with E-state index < -0.39 is 5.60 Å². The number of aromatic nitrogens is 2. The van der Waals surface area contributed by atoms with Gasteiger partial charge in [0.25, 0.3) is 5.89 Å². The number of nitrogens with zero attached hydrogens (tertiary/aromatic N) is 2. The van der Waals surface area contributed by atoms with Gasteiger partial charge in [-0.15, -0.1) is 0 Å². The second kappa shape index (κ2) is 5.63. The summed E-state index contributed by atoms with van der Waals surface area (Å²) in [4.78, 5) is 4.36. The van der Waals surface area contributed by atoms with E-state index in [2.05, 4.69) is 31.4 Å². The third-order valence-electron chi connectivity index (χ3n) is 3.55. The molecule has 1 aliphatic heterocycles. The van der Waals surface area contributed by atoms with Gasteiger partial charge in [-0.25, -0.2) is 0 Å². The zero-order valence-electron chi connectivity index (χ0n) is 11.0. The minimum absolute atomic E-state index is 0.337. The minimum Gasteiger partial charge on any atom is -0.380 e. The number of hydrogen-bond acceptors (Lipinski definition) is 5. The lowest BCUT2D eigenvalue weighted by atomic mass is 9.92. The standard InChI is InChI=1S/C14H16BrN3O2/c15-11-3-1-2-10(8-11)9-12-17-13(20-18-12)14(19)4-6-16-7-5-14/h1-3,8,16,19H,4-7,9H2. The second-order valence-electron chi connectivity index (χ2n) is 5.10. The molecule has 0 radical (unpaired) electrons. The predicted molar refractivity (Wildman–Crippen MR) is 77.2 cm³/mol. The Bertz CT molecular complexity index is 594. The lowest BCUT2D eigenvalue weighted by molar-refractivity contribution is -0.0228. The number of aliphatic hydroxyl groups is 1. The van der Waals surface area contributed by atoms with Crippen LogP contribution in [0.4, 0.5) is 0 Å². The Labute approximate surface area is 125 Å². The van der Waals surface area contributed by atoms with Crippen molar-refractivity contribution in [3.8, 4) is 0 Å². The molecular weight excluding hydrogens is 322 g/mol. The van der Waals surface area contributed by atoms with Crippen LogP contribution >= 0.6 is 15.9 Å². The summed E-state index contributed by atoms with van der Waals surface area (Å²) in [6.07, 6.45) is 1.80. The Kier molecular flexibility index (Phi) is 3.87. The molecule has 0 aliphatic carbocycles. The summed E-state index contributed by atoms with van der Waals surface area (Å²) in [7, 11) is 0. The molecule has 3 rings (SSSR count). The zero-order chi connectivity index (χ0) is 14.0. The maximum Gasteiger partial charge on any atom is 0.258 e. The van der Waals surface area contributed by atoms with Crippen LogP contribution in [0.3, 0.4) is 0 Å². The molecule has 1 saturated heterocycles. The molecule has 1 aromatic carbocycles. The van der Waals surface area contributed by atoms with Crippen LogP contribution in [0.15, 0.2) is 33.3 Å². The fourth-order valence-corrected chi connectivity index (χ4v) is 2.85. The maximum atomic E-state index is 10.5. The molecule has 0 spiro atoms. The summed E-state index contributed by atoms with van der Waals surface area (Å²) in [5.41, 5.74) is 0.123. The third kappa shape index (κ3) is 2.92. The Hall–Kier alpha value is -1.24. The Morgan fingerprint density at radius 2 is 2.15 bits per heavy atom. The van der Waals surface area contributed by atoms with Gasteiger partial charge in [-0.2, -0.15) is 4.98 Å². The molecular formula is C14H16BrN3O2. The van der Waals surface area contributed by atoms with Crippen LogP contribution in [-0.2, 0) is 12.0 Å². The summed E-state index contributed by atoms with van der Waals surface area (Å²) in [6, 6.07) is 7.99. The van der Waals surface area contributed by atoms with E-state index in [1.807, 2.05) is 24.3 Å². The minimum atomic E-state index is -0.978. The van der Waals surface area contributed by atoms with E-state index in [9.17, 15) is 5.11 Å². The predicted octanol–water partition coefficient (Wildman–Crippen LogP) is 1.99. The van der Waals surface area contributed by atoms with Crippen LogP contribution in [-0.4, -0.2) is 28.3 Å². The smallest absolute Gasteiger partial charge is 0.258 e. The van der Waals surface area contributed by atoms with Crippen molar-refractivity contribution in [2.45, 2.75) is 24.9 Å². The van der Waals surface area contributed by atoms with Crippen LogP contribution < -0.4 is 5.32 Å². The molecule has 0 bridgehead atoms. The van der Waals surface area contributed by atoms with Crippen molar-refractivity contribution >= 4 is 15.9 Å². The van der Waals surface area contributed by atoms with E-state index >= 15 is 0 Å². The Morgan fingerprint density at radius 1 is 1.35 bits per heavy atom. The van der Waals surface area contributed by atoms with Gasteiger partial charge in [-0.05, 0) is 43.6 Å². The number of piperidine rings is 1. The summed E-state index contributed by atoms with van der Waals surface area (Å²) >= 11 is 3.44. The summed E-state index contributed by atoms with van der Waals surface area (Å²) in [6.45, 7) is 1.53. The molecule has 6 heteroatoms. The molecule has 20 heavy (non-hydrogen) atoms. The monoisotopic (exact) mass is 337 g/mol. The van der Waals surface area contributed by atoms with E-state index in [4.69, 9.17) is 4.52 Å². The van der Waals surface area contributed by atoms with Crippen molar-refractivity contribution in [1.82, 2.24) is 15.5 Å². The zero-order valence-corrected chi connectivity index (χ0v) is 12.6. The van der Waals surface area contributed by atoms with Crippen LogP contribution in [0.5, 0.6) is 0 Å². The first-order chi connectivity index (χ1) is 9.66. The number of halogens is 1. The van der Waals surface area contributed by atoms with Crippen molar-refractivity contribution in [3.63, 3.8) is 0 Å². The van der Waals surface area contributed by atoms with Crippen LogP contribution in [0.1, 0.15) is 30.1 Å². The van der Waals surface area contributed by atoms with Crippen LogP contribution in [0, 0.1) is 0 Å².